The van der Waals surface area contributed by atoms with Gasteiger partial charge in [0.1, 0.15) is 18.6 Å². The van der Waals surface area contributed by atoms with Crippen molar-refractivity contribution in [1.82, 2.24) is 20.9 Å². The Kier molecular flexibility index (Phi) is 9.42. The highest BCUT2D eigenvalue weighted by molar-refractivity contribution is 6.31. The highest BCUT2D eigenvalue weighted by atomic mass is 35.5. The summed E-state index contributed by atoms with van der Waals surface area (Å²) in [6, 6.07) is 6.22. The molecule has 3 N–H and O–H groups in total. The number of carbonyl (C=O) groups is 2. The molecule has 0 spiro atoms. The van der Waals surface area contributed by atoms with Crippen molar-refractivity contribution >= 4 is 23.4 Å². The second-order valence-corrected chi connectivity index (χ2v) is 9.34. The standard InChI is InChI=1S/C25H32ClFN4O4/c1-14(2)25(33)29-13-17-5-7-18(26)22(23(17)27)24-30-19(11-20(32)31-24)16-6-8-21(28-12-16)35-10-9-34-15(3)4/h5-8,12,14-15,19,24,30H,9-11,13H2,1-4H3,(H,29,33)(H,31,32). The molecular formula is C25H32ClFN4O4. The normalized spacial score (nSPS) is 18.0. The second-order valence-electron chi connectivity index (χ2n) is 8.93. The molecule has 10 heteroatoms. The highest BCUT2D eigenvalue weighted by Gasteiger charge is 2.31. The molecule has 0 radical (unpaired) electrons. The minimum atomic E-state index is -0.849. The summed E-state index contributed by atoms with van der Waals surface area (Å²) in [5.74, 6) is -0.784. The largest absolute Gasteiger partial charge is 0.475 e. The van der Waals surface area contributed by atoms with E-state index in [9.17, 15) is 9.59 Å². The van der Waals surface area contributed by atoms with Crippen LogP contribution in [0.3, 0.4) is 0 Å². The Hall–Kier alpha value is -2.75. The maximum absolute atomic E-state index is 15.4. The van der Waals surface area contributed by atoms with Gasteiger partial charge in [-0.05, 0) is 25.5 Å². The zero-order chi connectivity index (χ0) is 25.5. The van der Waals surface area contributed by atoms with Crippen LogP contribution in [0, 0.1) is 11.7 Å². The van der Waals surface area contributed by atoms with E-state index in [1.165, 1.54) is 6.07 Å². The molecule has 1 aliphatic rings. The van der Waals surface area contributed by atoms with Crippen molar-refractivity contribution in [3.63, 3.8) is 0 Å². The van der Waals surface area contributed by atoms with Gasteiger partial charge in [-0.2, -0.15) is 0 Å². The average molecular weight is 507 g/mol. The van der Waals surface area contributed by atoms with Crippen molar-refractivity contribution in [2.45, 2.75) is 59.0 Å². The number of nitrogens with one attached hydrogen (secondary N) is 3. The summed E-state index contributed by atoms with van der Waals surface area (Å²) in [7, 11) is 0. The van der Waals surface area contributed by atoms with E-state index in [1.807, 2.05) is 19.9 Å². The third kappa shape index (κ3) is 7.37. The van der Waals surface area contributed by atoms with Crippen LogP contribution >= 0.6 is 11.6 Å². The highest BCUT2D eigenvalue weighted by Crippen LogP contribution is 2.32. The molecule has 0 saturated carbocycles. The molecule has 2 unspecified atom stereocenters. The number of hydrogen-bond acceptors (Lipinski definition) is 6. The predicted molar refractivity (Wildman–Crippen MR) is 130 cm³/mol. The first kappa shape index (κ1) is 26.8. The van der Waals surface area contributed by atoms with Gasteiger partial charge in [-0.25, -0.2) is 9.37 Å². The van der Waals surface area contributed by atoms with Gasteiger partial charge in [-0.15, -0.1) is 0 Å². The number of aromatic nitrogens is 1. The lowest BCUT2D eigenvalue weighted by molar-refractivity contribution is -0.125. The Labute approximate surface area is 209 Å². The monoisotopic (exact) mass is 506 g/mol. The van der Waals surface area contributed by atoms with Gasteiger partial charge in [-0.1, -0.05) is 37.6 Å². The Bertz CT molecular complexity index is 1030. The fraction of sp³-hybridized carbons (Fsp3) is 0.480. The summed E-state index contributed by atoms with van der Waals surface area (Å²) < 4.78 is 26.4. The van der Waals surface area contributed by atoms with Crippen LogP contribution in [0.4, 0.5) is 4.39 Å². The number of amides is 2. The number of halogens is 2. The molecule has 1 aromatic carbocycles. The number of benzene rings is 1. The fourth-order valence-corrected chi connectivity index (χ4v) is 3.85. The summed E-state index contributed by atoms with van der Waals surface area (Å²) in [5.41, 5.74) is 1.16. The molecule has 3 rings (SSSR count). The third-order valence-corrected chi connectivity index (χ3v) is 5.81. The number of rotatable bonds is 10. The van der Waals surface area contributed by atoms with Crippen molar-refractivity contribution < 1.29 is 23.5 Å². The fourth-order valence-electron chi connectivity index (χ4n) is 3.59. The van der Waals surface area contributed by atoms with E-state index < -0.39 is 18.0 Å². The van der Waals surface area contributed by atoms with Crippen molar-refractivity contribution in [3.05, 3.63) is 58.0 Å². The van der Waals surface area contributed by atoms with Crippen LogP contribution in [0.1, 0.15) is 63.0 Å². The van der Waals surface area contributed by atoms with Gasteiger partial charge in [0, 0.05) is 48.3 Å². The molecule has 35 heavy (non-hydrogen) atoms. The van der Waals surface area contributed by atoms with E-state index in [0.717, 1.165) is 5.56 Å². The van der Waals surface area contributed by atoms with Gasteiger partial charge in [0.15, 0.2) is 0 Å². The van der Waals surface area contributed by atoms with Crippen molar-refractivity contribution in [2.24, 2.45) is 5.92 Å². The van der Waals surface area contributed by atoms with Crippen LogP contribution in [0.15, 0.2) is 30.5 Å². The summed E-state index contributed by atoms with van der Waals surface area (Å²) in [6.07, 6.45) is 1.06. The maximum Gasteiger partial charge on any atom is 0.223 e. The smallest absolute Gasteiger partial charge is 0.223 e. The van der Waals surface area contributed by atoms with Crippen LogP contribution in [0.2, 0.25) is 5.02 Å². The van der Waals surface area contributed by atoms with Crippen LogP contribution < -0.4 is 20.7 Å². The molecule has 1 saturated heterocycles. The molecule has 2 aromatic rings. The topological polar surface area (TPSA) is 102 Å². The zero-order valence-corrected chi connectivity index (χ0v) is 21.1. The lowest BCUT2D eigenvalue weighted by Gasteiger charge is -2.33. The number of carbonyl (C=O) groups excluding carboxylic acids is 2. The lowest BCUT2D eigenvalue weighted by Crippen LogP contribution is -2.47. The molecule has 2 atom stereocenters. The molecule has 1 aliphatic heterocycles. The van der Waals surface area contributed by atoms with E-state index >= 15 is 4.39 Å². The van der Waals surface area contributed by atoms with Gasteiger partial charge < -0.3 is 20.1 Å². The van der Waals surface area contributed by atoms with E-state index in [0.29, 0.717) is 19.1 Å². The SMILES string of the molecule is CC(C)OCCOc1ccc(C2CC(=O)NC(c3c(Cl)ccc(CNC(=O)C(C)C)c3F)N2)cn1. The molecule has 0 bridgehead atoms. The molecular weight excluding hydrogens is 475 g/mol. The van der Waals surface area contributed by atoms with E-state index in [2.05, 4.69) is 20.9 Å². The van der Waals surface area contributed by atoms with Gasteiger partial charge in [0.05, 0.1) is 17.7 Å². The van der Waals surface area contributed by atoms with Crippen LogP contribution in [0.25, 0.3) is 0 Å². The molecule has 190 valence electrons. The minimum absolute atomic E-state index is 0.0186. The third-order valence-electron chi connectivity index (χ3n) is 5.48. The van der Waals surface area contributed by atoms with E-state index in [-0.39, 0.29) is 53.0 Å². The van der Waals surface area contributed by atoms with Gasteiger partial charge >= 0.3 is 0 Å². The van der Waals surface area contributed by atoms with Gasteiger partial charge in [0.25, 0.3) is 0 Å². The predicted octanol–water partition coefficient (Wildman–Crippen LogP) is 3.80. The van der Waals surface area contributed by atoms with Crippen LogP contribution in [-0.2, 0) is 20.9 Å². The lowest BCUT2D eigenvalue weighted by atomic mass is 9.99. The molecule has 0 aliphatic carbocycles. The molecule has 2 heterocycles. The van der Waals surface area contributed by atoms with Crippen molar-refractivity contribution in [3.8, 4) is 5.88 Å². The van der Waals surface area contributed by atoms with E-state index in [4.69, 9.17) is 21.1 Å². The van der Waals surface area contributed by atoms with Crippen LogP contribution in [-0.4, -0.2) is 36.1 Å². The number of hydrogen-bond donors (Lipinski definition) is 3. The summed E-state index contributed by atoms with van der Waals surface area (Å²) in [6.45, 7) is 8.28. The molecule has 8 nitrogen and oxygen atoms in total. The van der Waals surface area contributed by atoms with Crippen molar-refractivity contribution in [1.29, 1.82) is 0 Å². The first-order valence-electron chi connectivity index (χ1n) is 11.7. The zero-order valence-electron chi connectivity index (χ0n) is 20.4. The quantitative estimate of drug-likeness (QED) is 0.424. The second kappa shape index (κ2) is 12.3. The summed E-state index contributed by atoms with van der Waals surface area (Å²) >= 11 is 6.33. The summed E-state index contributed by atoms with van der Waals surface area (Å²) in [5, 5.41) is 8.88. The molecule has 2 amide bonds. The minimum Gasteiger partial charge on any atom is -0.475 e. The number of pyridine rings is 1. The first-order valence-corrected chi connectivity index (χ1v) is 12.0. The average Bonchev–Trinajstić information content (AvgIpc) is 2.81. The number of ether oxygens (including phenoxy) is 2. The Morgan fingerprint density at radius 2 is 2.00 bits per heavy atom. The Balaban J connectivity index is 1.71. The Morgan fingerprint density at radius 1 is 1.23 bits per heavy atom. The Morgan fingerprint density at radius 3 is 2.66 bits per heavy atom. The van der Waals surface area contributed by atoms with Gasteiger partial charge in [0.2, 0.25) is 17.7 Å². The first-order chi connectivity index (χ1) is 16.7. The number of nitrogens with zero attached hydrogens (tertiary/aromatic N) is 1. The van der Waals surface area contributed by atoms with Crippen LogP contribution in [0.5, 0.6) is 5.88 Å². The molecule has 1 fully saturated rings. The van der Waals surface area contributed by atoms with Crippen molar-refractivity contribution in [2.75, 3.05) is 13.2 Å². The maximum atomic E-state index is 15.4. The molecule has 1 aromatic heterocycles. The van der Waals surface area contributed by atoms with E-state index in [1.54, 1.807) is 32.2 Å². The van der Waals surface area contributed by atoms with Gasteiger partial charge in [-0.3, -0.25) is 14.9 Å². The summed E-state index contributed by atoms with van der Waals surface area (Å²) in [4.78, 5) is 28.7.